The lowest BCUT2D eigenvalue weighted by molar-refractivity contribution is -0.116. The molecule has 0 saturated carbocycles. The van der Waals surface area contributed by atoms with E-state index < -0.39 is 5.97 Å². The zero-order chi connectivity index (χ0) is 22.4. The number of esters is 1. The Bertz CT molecular complexity index is 1050. The van der Waals surface area contributed by atoms with Gasteiger partial charge >= 0.3 is 5.97 Å². The molecule has 0 saturated heterocycles. The van der Waals surface area contributed by atoms with E-state index in [1.807, 2.05) is 0 Å². The number of carbonyl (C=O) groups excluding carboxylic acids is 2. The quantitative estimate of drug-likeness (QED) is 0.440. The number of ether oxygens (including phenoxy) is 1. The van der Waals surface area contributed by atoms with Gasteiger partial charge in [0, 0.05) is 6.92 Å². The summed E-state index contributed by atoms with van der Waals surface area (Å²) in [6.45, 7) is 5.55. The number of carbonyl (C=O) groups is 2. The average molecular weight is 465 g/mol. The van der Waals surface area contributed by atoms with Crippen molar-refractivity contribution in [2.75, 3.05) is 17.3 Å². The first-order valence-corrected chi connectivity index (χ1v) is 11.4. The maximum atomic E-state index is 13.3. The molecule has 0 unspecified atom stereocenters. The Hall–Kier alpha value is -2.79. The summed E-state index contributed by atoms with van der Waals surface area (Å²) in [4.78, 5) is 35.6. The third-order valence-corrected chi connectivity index (χ3v) is 6.13. The molecule has 0 fully saturated rings. The number of benzene rings is 1. The number of halogens is 1. The van der Waals surface area contributed by atoms with Crippen LogP contribution in [0.2, 0.25) is 0 Å². The summed E-state index contributed by atoms with van der Waals surface area (Å²) in [6, 6.07) is 5.89. The van der Waals surface area contributed by atoms with Gasteiger partial charge in [0.15, 0.2) is 11.0 Å². The van der Waals surface area contributed by atoms with Crippen LogP contribution in [0.3, 0.4) is 0 Å². The van der Waals surface area contributed by atoms with E-state index in [0.717, 1.165) is 16.9 Å². The van der Waals surface area contributed by atoms with E-state index >= 15 is 0 Å². The van der Waals surface area contributed by atoms with Crippen LogP contribution in [-0.4, -0.2) is 39.4 Å². The minimum atomic E-state index is -0.472. The summed E-state index contributed by atoms with van der Waals surface area (Å²) in [5.74, 6) is 0.487. The number of anilines is 1. The number of nitrogens with zero attached hydrogens (tertiary/aromatic N) is 4. The molecule has 0 N–H and O–H groups in total. The highest BCUT2D eigenvalue weighted by Gasteiger charge is 2.24. The Balaban J connectivity index is 1.78. The standard InChI is InChI=1S/C20H21FN4O4S2/c1-4-28-19(27)18-12(2)22-20(31-18)25(9-14-5-7-15(21)8-6-14)17(26)11-30-10-16-23-13(3)29-24-16/h5-8H,4,9-11H2,1-3H3. The summed E-state index contributed by atoms with van der Waals surface area (Å²) in [7, 11) is 0. The molecule has 31 heavy (non-hydrogen) atoms. The van der Waals surface area contributed by atoms with E-state index in [0.29, 0.717) is 33.2 Å². The second kappa shape index (κ2) is 10.5. The van der Waals surface area contributed by atoms with Gasteiger partial charge in [0.25, 0.3) is 0 Å². The smallest absolute Gasteiger partial charge is 0.350 e. The van der Waals surface area contributed by atoms with Gasteiger partial charge in [-0.15, -0.1) is 11.8 Å². The second-order valence-corrected chi connectivity index (χ2v) is 8.42. The maximum absolute atomic E-state index is 13.3. The first-order chi connectivity index (χ1) is 14.9. The van der Waals surface area contributed by atoms with Crippen LogP contribution in [-0.2, 0) is 21.8 Å². The first kappa shape index (κ1) is 22.9. The van der Waals surface area contributed by atoms with E-state index in [-0.39, 0.29) is 30.6 Å². The van der Waals surface area contributed by atoms with Gasteiger partial charge in [0.2, 0.25) is 11.8 Å². The van der Waals surface area contributed by atoms with E-state index in [9.17, 15) is 14.0 Å². The lowest BCUT2D eigenvalue weighted by Gasteiger charge is -2.20. The average Bonchev–Trinajstić information content (AvgIpc) is 3.33. The summed E-state index contributed by atoms with van der Waals surface area (Å²) < 4.78 is 23.3. The van der Waals surface area contributed by atoms with Gasteiger partial charge in [-0.25, -0.2) is 14.2 Å². The zero-order valence-corrected chi connectivity index (χ0v) is 18.9. The van der Waals surface area contributed by atoms with Gasteiger partial charge in [0.1, 0.15) is 10.7 Å². The number of thiazole rings is 1. The fourth-order valence-electron chi connectivity index (χ4n) is 2.63. The minimum absolute atomic E-state index is 0.141. The summed E-state index contributed by atoms with van der Waals surface area (Å²) in [5, 5.41) is 4.19. The molecule has 0 bridgehead atoms. The number of aromatic nitrogens is 3. The molecular weight excluding hydrogens is 443 g/mol. The highest BCUT2D eigenvalue weighted by atomic mass is 32.2. The molecular formula is C20H21FN4O4S2. The monoisotopic (exact) mass is 464 g/mol. The highest BCUT2D eigenvalue weighted by molar-refractivity contribution is 7.99. The van der Waals surface area contributed by atoms with Crippen LogP contribution in [0.1, 0.15) is 39.6 Å². The fourth-order valence-corrected chi connectivity index (χ4v) is 4.34. The van der Waals surface area contributed by atoms with Crippen molar-refractivity contribution in [2.24, 2.45) is 0 Å². The molecule has 0 aliphatic carbocycles. The van der Waals surface area contributed by atoms with Crippen LogP contribution < -0.4 is 4.90 Å². The fraction of sp³-hybridized carbons (Fsp3) is 0.350. The molecule has 3 rings (SSSR count). The van der Waals surface area contributed by atoms with Crippen molar-refractivity contribution in [2.45, 2.75) is 33.1 Å². The Kier molecular flexibility index (Phi) is 7.75. The number of thioether (sulfide) groups is 1. The second-order valence-electron chi connectivity index (χ2n) is 6.46. The zero-order valence-electron chi connectivity index (χ0n) is 17.3. The van der Waals surface area contributed by atoms with E-state index in [4.69, 9.17) is 9.26 Å². The minimum Gasteiger partial charge on any atom is -0.462 e. The molecule has 1 amide bonds. The molecule has 2 heterocycles. The Morgan fingerprint density at radius 3 is 2.61 bits per heavy atom. The normalized spacial score (nSPS) is 10.8. The molecule has 2 aromatic heterocycles. The molecule has 164 valence electrons. The third-order valence-electron chi connectivity index (χ3n) is 4.06. The molecule has 1 aromatic carbocycles. The lowest BCUT2D eigenvalue weighted by atomic mass is 10.2. The Morgan fingerprint density at radius 1 is 1.23 bits per heavy atom. The van der Waals surface area contributed by atoms with Gasteiger partial charge in [-0.2, -0.15) is 4.98 Å². The van der Waals surface area contributed by atoms with Crippen molar-refractivity contribution < 1.29 is 23.2 Å². The maximum Gasteiger partial charge on any atom is 0.350 e. The molecule has 0 aliphatic heterocycles. The third kappa shape index (κ3) is 6.11. The summed E-state index contributed by atoms with van der Waals surface area (Å²) in [5.41, 5.74) is 1.23. The topological polar surface area (TPSA) is 98.4 Å². The summed E-state index contributed by atoms with van der Waals surface area (Å²) in [6.07, 6.45) is 0. The van der Waals surface area contributed by atoms with Crippen molar-refractivity contribution >= 4 is 40.1 Å². The van der Waals surface area contributed by atoms with Gasteiger partial charge in [0.05, 0.1) is 30.4 Å². The number of amides is 1. The molecule has 8 nitrogen and oxygen atoms in total. The van der Waals surface area contributed by atoms with Crippen molar-refractivity contribution in [1.29, 1.82) is 0 Å². The Labute approximate surface area is 186 Å². The van der Waals surface area contributed by atoms with Gasteiger partial charge in [-0.05, 0) is 31.5 Å². The number of rotatable bonds is 9. The van der Waals surface area contributed by atoms with Gasteiger partial charge in [-0.1, -0.05) is 28.6 Å². The van der Waals surface area contributed by atoms with Gasteiger partial charge < -0.3 is 9.26 Å². The van der Waals surface area contributed by atoms with Crippen molar-refractivity contribution in [3.63, 3.8) is 0 Å². The predicted octanol–water partition coefficient (Wildman–Crippen LogP) is 3.93. The molecule has 0 aliphatic rings. The highest BCUT2D eigenvalue weighted by Crippen LogP contribution is 2.29. The van der Waals surface area contributed by atoms with E-state index in [1.54, 1.807) is 32.9 Å². The van der Waals surface area contributed by atoms with Crippen LogP contribution in [0, 0.1) is 19.7 Å². The van der Waals surface area contributed by atoms with Crippen LogP contribution in [0.25, 0.3) is 0 Å². The van der Waals surface area contributed by atoms with Crippen molar-refractivity contribution in [3.05, 3.63) is 57.9 Å². The van der Waals surface area contributed by atoms with Gasteiger partial charge in [-0.3, -0.25) is 9.69 Å². The summed E-state index contributed by atoms with van der Waals surface area (Å²) >= 11 is 2.43. The number of hydrogen-bond acceptors (Lipinski definition) is 9. The number of aryl methyl sites for hydroxylation is 2. The molecule has 11 heteroatoms. The SMILES string of the molecule is CCOC(=O)c1sc(N(Cc2ccc(F)cc2)C(=O)CSCc2noc(C)n2)nc1C. The molecule has 3 aromatic rings. The lowest BCUT2D eigenvalue weighted by Crippen LogP contribution is -2.32. The largest absolute Gasteiger partial charge is 0.462 e. The van der Waals surface area contributed by atoms with Crippen LogP contribution in [0.5, 0.6) is 0 Å². The molecule has 0 spiro atoms. The van der Waals surface area contributed by atoms with E-state index in [1.165, 1.54) is 28.8 Å². The Morgan fingerprint density at radius 2 is 1.97 bits per heavy atom. The first-order valence-electron chi connectivity index (χ1n) is 9.43. The predicted molar refractivity (Wildman–Crippen MR) is 116 cm³/mol. The van der Waals surface area contributed by atoms with Crippen molar-refractivity contribution in [1.82, 2.24) is 15.1 Å². The van der Waals surface area contributed by atoms with Crippen LogP contribution >= 0.6 is 23.1 Å². The number of hydrogen-bond donors (Lipinski definition) is 0. The van der Waals surface area contributed by atoms with E-state index in [2.05, 4.69) is 15.1 Å². The van der Waals surface area contributed by atoms with Crippen LogP contribution in [0.4, 0.5) is 9.52 Å². The van der Waals surface area contributed by atoms with Crippen molar-refractivity contribution in [3.8, 4) is 0 Å². The molecule has 0 radical (unpaired) electrons. The van der Waals surface area contributed by atoms with Crippen LogP contribution in [0.15, 0.2) is 28.8 Å². The molecule has 0 atom stereocenters.